The monoisotopic (exact) mass is 267 g/mol. The molecule has 0 saturated heterocycles. The van der Waals surface area contributed by atoms with Gasteiger partial charge >= 0.3 is 0 Å². The molecular formula is C12H17N3S2. The first-order valence-corrected chi connectivity index (χ1v) is 7.42. The molecule has 2 heterocycles. The number of thiazole rings is 1. The molecule has 0 aliphatic carbocycles. The van der Waals surface area contributed by atoms with Gasteiger partial charge in [0.15, 0.2) is 0 Å². The van der Waals surface area contributed by atoms with Crippen molar-refractivity contribution in [3.63, 3.8) is 0 Å². The molecule has 3 N–H and O–H groups in total. The SMILES string of the molecule is CC(CNCC(N)c1cccs1)c1nccs1. The predicted octanol–water partition coefficient (Wildman–Crippen LogP) is 2.60. The number of hydrogen-bond acceptors (Lipinski definition) is 5. The predicted molar refractivity (Wildman–Crippen MR) is 74.6 cm³/mol. The van der Waals surface area contributed by atoms with Gasteiger partial charge in [-0.1, -0.05) is 13.0 Å². The van der Waals surface area contributed by atoms with E-state index in [4.69, 9.17) is 5.73 Å². The third-order valence-corrected chi connectivity index (χ3v) is 4.61. The molecule has 2 atom stereocenters. The number of hydrogen-bond donors (Lipinski definition) is 2. The zero-order chi connectivity index (χ0) is 12.1. The van der Waals surface area contributed by atoms with Gasteiger partial charge in [-0.2, -0.15) is 0 Å². The minimum atomic E-state index is 0.0958. The lowest BCUT2D eigenvalue weighted by atomic mass is 10.2. The third-order valence-electron chi connectivity index (χ3n) is 2.60. The third kappa shape index (κ3) is 3.61. The zero-order valence-electron chi connectivity index (χ0n) is 9.80. The molecule has 3 nitrogen and oxygen atoms in total. The highest BCUT2D eigenvalue weighted by Gasteiger charge is 2.10. The lowest BCUT2D eigenvalue weighted by Gasteiger charge is -2.13. The Morgan fingerprint density at radius 3 is 2.88 bits per heavy atom. The highest BCUT2D eigenvalue weighted by molar-refractivity contribution is 7.10. The Morgan fingerprint density at radius 2 is 2.24 bits per heavy atom. The second-order valence-electron chi connectivity index (χ2n) is 4.05. The molecule has 0 saturated carbocycles. The van der Waals surface area contributed by atoms with Gasteiger partial charge in [-0.25, -0.2) is 4.98 Å². The molecule has 0 bridgehead atoms. The first-order chi connectivity index (χ1) is 8.27. The summed E-state index contributed by atoms with van der Waals surface area (Å²) in [6.07, 6.45) is 1.86. The molecule has 0 spiro atoms. The summed E-state index contributed by atoms with van der Waals surface area (Å²) in [5.41, 5.74) is 6.08. The van der Waals surface area contributed by atoms with Crippen molar-refractivity contribution in [2.75, 3.05) is 13.1 Å². The van der Waals surface area contributed by atoms with Gasteiger partial charge in [0.1, 0.15) is 0 Å². The Labute approximate surface area is 110 Å². The van der Waals surface area contributed by atoms with E-state index >= 15 is 0 Å². The quantitative estimate of drug-likeness (QED) is 0.846. The van der Waals surface area contributed by atoms with Crippen LogP contribution in [0.5, 0.6) is 0 Å². The molecule has 2 aromatic rings. The van der Waals surface area contributed by atoms with Gasteiger partial charge in [-0.3, -0.25) is 0 Å². The van der Waals surface area contributed by atoms with E-state index in [1.165, 1.54) is 9.88 Å². The molecule has 0 aliphatic rings. The maximum absolute atomic E-state index is 6.08. The summed E-state index contributed by atoms with van der Waals surface area (Å²) in [5, 5.41) is 8.67. The first-order valence-electron chi connectivity index (χ1n) is 5.66. The minimum Gasteiger partial charge on any atom is -0.322 e. The summed E-state index contributed by atoms with van der Waals surface area (Å²) in [7, 11) is 0. The van der Waals surface area contributed by atoms with E-state index < -0.39 is 0 Å². The summed E-state index contributed by atoms with van der Waals surface area (Å²) in [4.78, 5) is 5.55. The fourth-order valence-electron chi connectivity index (χ4n) is 1.62. The minimum absolute atomic E-state index is 0.0958. The van der Waals surface area contributed by atoms with E-state index in [2.05, 4.69) is 28.7 Å². The van der Waals surface area contributed by atoms with Crippen LogP contribution in [0.1, 0.15) is 28.8 Å². The summed E-state index contributed by atoms with van der Waals surface area (Å²) in [6, 6.07) is 4.22. The van der Waals surface area contributed by atoms with Gasteiger partial charge in [-0.15, -0.1) is 22.7 Å². The highest BCUT2D eigenvalue weighted by atomic mass is 32.1. The number of nitrogens with two attached hydrogens (primary N) is 1. The van der Waals surface area contributed by atoms with Crippen LogP contribution in [0.4, 0.5) is 0 Å². The van der Waals surface area contributed by atoms with Crippen molar-refractivity contribution in [3.8, 4) is 0 Å². The van der Waals surface area contributed by atoms with Crippen molar-refractivity contribution in [1.82, 2.24) is 10.3 Å². The average Bonchev–Trinajstić information content (AvgIpc) is 3.02. The Balaban J connectivity index is 1.73. The maximum atomic E-state index is 6.08. The van der Waals surface area contributed by atoms with Gasteiger partial charge in [0.25, 0.3) is 0 Å². The molecule has 0 aliphatic heterocycles. The topological polar surface area (TPSA) is 50.9 Å². The molecule has 92 valence electrons. The molecule has 5 heteroatoms. The summed E-state index contributed by atoms with van der Waals surface area (Å²) < 4.78 is 0. The van der Waals surface area contributed by atoms with E-state index in [0.717, 1.165) is 13.1 Å². The van der Waals surface area contributed by atoms with Crippen LogP contribution in [0.25, 0.3) is 0 Å². The van der Waals surface area contributed by atoms with Crippen molar-refractivity contribution in [3.05, 3.63) is 39.0 Å². The fourth-order valence-corrected chi connectivity index (χ4v) is 3.05. The zero-order valence-corrected chi connectivity index (χ0v) is 11.4. The van der Waals surface area contributed by atoms with Gasteiger partial charge in [0.2, 0.25) is 0 Å². The Hall–Kier alpha value is -0.750. The highest BCUT2D eigenvalue weighted by Crippen LogP contribution is 2.18. The normalized spacial score (nSPS) is 14.7. The van der Waals surface area contributed by atoms with Crippen LogP contribution in [-0.2, 0) is 0 Å². The Kier molecular flexibility index (Phi) is 4.67. The summed E-state index contributed by atoms with van der Waals surface area (Å²) in [6.45, 7) is 3.92. The number of nitrogens with one attached hydrogen (secondary N) is 1. The maximum Gasteiger partial charge on any atom is 0.0965 e. The van der Waals surface area contributed by atoms with Crippen molar-refractivity contribution in [2.24, 2.45) is 5.73 Å². The molecule has 0 aromatic carbocycles. The van der Waals surface area contributed by atoms with E-state index in [1.807, 2.05) is 17.6 Å². The van der Waals surface area contributed by atoms with Crippen molar-refractivity contribution in [1.29, 1.82) is 0 Å². The molecule has 2 aromatic heterocycles. The smallest absolute Gasteiger partial charge is 0.0965 e. The van der Waals surface area contributed by atoms with E-state index in [0.29, 0.717) is 5.92 Å². The van der Waals surface area contributed by atoms with Crippen LogP contribution >= 0.6 is 22.7 Å². The number of nitrogens with zero attached hydrogens (tertiary/aromatic N) is 1. The van der Waals surface area contributed by atoms with Gasteiger partial charge in [0, 0.05) is 35.5 Å². The van der Waals surface area contributed by atoms with Crippen LogP contribution < -0.4 is 11.1 Å². The average molecular weight is 267 g/mol. The second-order valence-corrected chi connectivity index (χ2v) is 5.96. The first kappa shape index (κ1) is 12.7. The molecule has 0 radical (unpaired) electrons. The molecule has 2 rings (SSSR count). The van der Waals surface area contributed by atoms with Crippen molar-refractivity contribution >= 4 is 22.7 Å². The van der Waals surface area contributed by atoms with Gasteiger partial charge in [0.05, 0.1) is 11.0 Å². The summed E-state index contributed by atoms with van der Waals surface area (Å²) in [5.74, 6) is 0.450. The lowest BCUT2D eigenvalue weighted by Crippen LogP contribution is -2.29. The number of rotatable bonds is 6. The Morgan fingerprint density at radius 1 is 1.35 bits per heavy atom. The van der Waals surface area contributed by atoms with Crippen LogP contribution in [0, 0.1) is 0 Å². The van der Waals surface area contributed by atoms with Gasteiger partial charge in [-0.05, 0) is 11.4 Å². The molecule has 0 amide bonds. The van der Waals surface area contributed by atoms with E-state index in [9.17, 15) is 0 Å². The number of aromatic nitrogens is 1. The van der Waals surface area contributed by atoms with Crippen molar-refractivity contribution in [2.45, 2.75) is 18.9 Å². The lowest BCUT2D eigenvalue weighted by molar-refractivity contribution is 0.566. The van der Waals surface area contributed by atoms with E-state index in [1.54, 1.807) is 22.7 Å². The van der Waals surface area contributed by atoms with Crippen LogP contribution in [0.3, 0.4) is 0 Å². The van der Waals surface area contributed by atoms with Crippen LogP contribution in [0.15, 0.2) is 29.1 Å². The van der Waals surface area contributed by atoms with Crippen LogP contribution in [0.2, 0.25) is 0 Å². The molecule has 17 heavy (non-hydrogen) atoms. The standard InChI is InChI=1S/C12H17N3S2/c1-9(12-15-4-6-17-12)7-14-8-10(13)11-3-2-5-16-11/h2-6,9-10,14H,7-8,13H2,1H3. The van der Waals surface area contributed by atoms with Crippen LogP contribution in [-0.4, -0.2) is 18.1 Å². The summed E-state index contributed by atoms with van der Waals surface area (Å²) >= 11 is 3.42. The number of thiophene rings is 1. The molecule has 2 unspecified atom stereocenters. The Bertz CT molecular complexity index is 371. The second kappa shape index (κ2) is 6.26. The van der Waals surface area contributed by atoms with Crippen molar-refractivity contribution < 1.29 is 0 Å². The van der Waals surface area contributed by atoms with Gasteiger partial charge < -0.3 is 11.1 Å². The van der Waals surface area contributed by atoms with E-state index in [-0.39, 0.29) is 6.04 Å². The largest absolute Gasteiger partial charge is 0.322 e. The fraction of sp³-hybridized carbons (Fsp3) is 0.417. The molecule has 0 fully saturated rings. The molecular weight excluding hydrogens is 250 g/mol.